The Kier molecular flexibility index (Phi) is 7.22. The Morgan fingerprint density at radius 2 is 1.07 bits per heavy atom. The Labute approximate surface area is 175 Å². The van der Waals surface area contributed by atoms with Gasteiger partial charge in [-0.3, -0.25) is 9.78 Å². The summed E-state index contributed by atoms with van der Waals surface area (Å²) in [5, 5.41) is 10.4. The number of rotatable bonds is 3. The summed E-state index contributed by atoms with van der Waals surface area (Å²) >= 11 is 2.49. The van der Waals surface area contributed by atoms with Gasteiger partial charge in [0.1, 0.15) is 0 Å². The number of nitrogens with one attached hydrogen (secondary N) is 2. The molecule has 138 valence electrons. The Morgan fingerprint density at radius 1 is 0.679 bits per heavy atom. The molecule has 0 aliphatic heterocycles. The summed E-state index contributed by atoms with van der Waals surface area (Å²) in [5.74, 6) is -0.469. The van der Waals surface area contributed by atoms with Crippen molar-refractivity contribution in [1.29, 1.82) is 0 Å². The normalized spacial score (nSPS) is 9.86. The molecule has 0 saturated carbocycles. The van der Waals surface area contributed by atoms with E-state index >= 15 is 0 Å². The summed E-state index contributed by atoms with van der Waals surface area (Å²) < 4.78 is 4.65. The van der Waals surface area contributed by atoms with E-state index in [-0.39, 0.29) is 4.77 Å². The Balaban J connectivity index is 0.000000211. The molecule has 0 fully saturated rings. The monoisotopic (exact) mass is 494 g/mol. The molecule has 3 aromatic carbocycles. The molecule has 1 heterocycles. The van der Waals surface area contributed by atoms with Gasteiger partial charge in [0.05, 0.1) is 0 Å². The second-order valence-electron chi connectivity index (χ2n) is 5.93. The minimum atomic E-state index is -1.98. The van der Waals surface area contributed by atoms with Crippen LogP contribution in [0.3, 0.4) is 0 Å². The van der Waals surface area contributed by atoms with Crippen molar-refractivity contribution in [2.75, 3.05) is 0 Å². The van der Waals surface area contributed by atoms with Crippen LogP contribution in [0.25, 0.3) is 0 Å². The molecule has 0 spiro atoms. The van der Waals surface area contributed by atoms with Crippen molar-refractivity contribution in [2.24, 2.45) is 0 Å². The number of hydrogen-bond donors (Lipinski definition) is 2. The Hall–Kier alpha value is -2.64. The first-order chi connectivity index (χ1) is 13.6. The number of aromatic amines is 2. The molecule has 1 aromatic heterocycles. The molecule has 0 aliphatic rings. The molecule has 0 radical (unpaired) electrons. The van der Waals surface area contributed by atoms with Crippen molar-refractivity contribution in [3.63, 3.8) is 0 Å². The summed E-state index contributed by atoms with van der Waals surface area (Å²) in [6.07, 6.45) is 0. The summed E-state index contributed by atoms with van der Waals surface area (Å²) in [6.45, 7) is 0. The Bertz CT molecular complexity index is 991. The van der Waals surface area contributed by atoms with Gasteiger partial charge in [-0.05, 0) is 18.1 Å². The summed E-state index contributed by atoms with van der Waals surface area (Å²) in [4.78, 5) is 14.8. The molecule has 28 heavy (non-hydrogen) atoms. The zero-order valence-electron chi connectivity index (χ0n) is 15.0. The van der Waals surface area contributed by atoms with Crippen LogP contribution in [-0.2, 0) is 0 Å². The van der Waals surface area contributed by atoms with E-state index in [1.165, 1.54) is 10.7 Å². The molecular formula is C22H18N2O2SSn. The zero-order chi connectivity index (χ0) is 19.8. The SMILES string of the molecule is O=c1cc([O-])[nH]c(=S)[nH]1.c1cc[c]([Sn+]([c]2ccccc2)[c]2ccccc2)cc1. The molecule has 2 N–H and O–H groups in total. The van der Waals surface area contributed by atoms with Crippen molar-refractivity contribution in [3.8, 4) is 5.88 Å². The molecule has 0 unspecified atom stereocenters. The first kappa shape index (κ1) is 20.1. The summed E-state index contributed by atoms with van der Waals surface area (Å²) in [7, 11) is 0. The van der Waals surface area contributed by atoms with E-state index in [4.69, 9.17) is 0 Å². The Morgan fingerprint density at radius 3 is 1.39 bits per heavy atom. The van der Waals surface area contributed by atoms with E-state index in [1.54, 1.807) is 0 Å². The average Bonchev–Trinajstić information content (AvgIpc) is 2.70. The summed E-state index contributed by atoms with van der Waals surface area (Å²) in [6, 6.07) is 33.8. The van der Waals surface area contributed by atoms with Crippen molar-refractivity contribution in [3.05, 3.63) is 112 Å². The van der Waals surface area contributed by atoms with Crippen LogP contribution in [0.4, 0.5) is 0 Å². The molecular weight excluding hydrogens is 475 g/mol. The summed E-state index contributed by atoms with van der Waals surface area (Å²) in [5.41, 5.74) is -0.469. The van der Waals surface area contributed by atoms with Crippen LogP contribution in [0, 0.1) is 4.77 Å². The number of benzene rings is 3. The first-order valence-corrected chi connectivity index (χ1v) is 13.4. The van der Waals surface area contributed by atoms with E-state index in [2.05, 4.69) is 113 Å². The maximum absolute atomic E-state index is 10.4. The average molecular weight is 493 g/mol. The van der Waals surface area contributed by atoms with Crippen molar-refractivity contribution in [2.45, 2.75) is 0 Å². The molecule has 4 nitrogen and oxygen atoms in total. The molecule has 4 rings (SSSR count). The molecule has 0 amide bonds. The fraction of sp³-hybridized carbons (Fsp3) is 0. The third-order valence-electron chi connectivity index (χ3n) is 3.92. The fourth-order valence-electron chi connectivity index (χ4n) is 2.76. The first-order valence-electron chi connectivity index (χ1n) is 8.67. The minimum absolute atomic E-state index is 0.0625. The van der Waals surface area contributed by atoms with Gasteiger partial charge in [-0.25, -0.2) is 0 Å². The standard InChI is InChI=1S/3C6H5.C4H4N2O2S.Sn/c3*1-2-4-6-5-3-1;7-2-1-3(8)6-4(9)5-2;/h3*1-5H;1H,(H3,5,6,7,8,9);/q;;;;+1/p-1. The van der Waals surface area contributed by atoms with Crippen LogP contribution in [0.5, 0.6) is 5.88 Å². The van der Waals surface area contributed by atoms with E-state index in [0.29, 0.717) is 0 Å². The number of H-pyrrole nitrogens is 2. The third kappa shape index (κ3) is 5.68. The van der Waals surface area contributed by atoms with Crippen LogP contribution < -0.4 is 21.4 Å². The van der Waals surface area contributed by atoms with Gasteiger partial charge in [-0.1, -0.05) is 0 Å². The van der Waals surface area contributed by atoms with Gasteiger partial charge >= 0.3 is 121 Å². The third-order valence-corrected chi connectivity index (χ3v) is 11.9. The molecule has 0 saturated heterocycles. The van der Waals surface area contributed by atoms with Crippen LogP contribution in [0.15, 0.2) is 102 Å². The molecule has 0 atom stereocenters. The van der Waals surface area contributed by atoms with Crippen LogP contribution in [-0.4, -0.2) is 29.7 Å². The maximum atomic E-state index is 10.4. The van der Waals surface area contributed by atoms with Gasteiger partial charge in [0.15, 0.2) is 4.77 Å². The fourth-order valence-corrected chi connectivity index (χ4v) is 10.3. The predicted octanol–water partition coefficient (Wildman–Crippen LogP) is 1.71. The zero-order valence-corrected chi connectivity index (χ0v) is 18.6. The van der Waals surface area contributed by atoms with Crippen molar-refractivity contribution < 1.29 is 5.11 Å². The van der Waals surface area contributed by atoms with E-state index in [0.717, 1.165) is 6.07 Å². The molecule has 0 aliphatic carbocycles. The van der Waals surface area contributed by atoms with Gasteiger partial charge in [0.2, 0.25) is 0 Å². The van der Waals surface area contributed by atoms with E-state index in [9.17, 15) is 9.90 Å². The van der Waals surface area contributed by atoms with Gasteiger partial charge in [-0.2, -0.15) is 0 Å². The molecule has 0 bridgehead atoms. The van der Waals surface area contributed by atoms with Crippen molar-refractivity contribution in [1.82, 2.24) is 9.97 Å². The van der Waals surface area contributed by atoms with Gasteiger partial charge in [0, 0.05) is 6.07 Å². The van der Waals surface area contributed by atoms with Gasteiger partial charge in [0.25, 0.3) is 5.56 Å². The van der Waals surface area contributed by atoms with E-state index in [1.807, 2.05) is 0 Å². The van der Waals surface area contributed by atoms with Crippen LogP contribution in [0.1, 0.15) is 0 Å². The number of hydrogen-bond acceptors (Lipinski definition) is 3. The molecule has 4 aromatic rings. The van der Waals surface area contributed by atoms with Crippen molar-refractivity contribution >= 4 is 42.7 Å². The quantitative estimate of drug-likeness (QED) is 0.338. The van der Waals surface area contributed by atoms with Crippen LogP contribution >= 0.6 is 12.2 Å². The molecule has 6 heteroatoms. The van der Waals surface area contributed by atoms with Gasteiger partial charge in [-0.15, -0.1) is 0 Å². The second kappa shape index (κ2) is 10.1. The second-order valence-corrected chi connectivity index (χ2v) is 13.4. The topological polar surface area (TPSA) is 71.7 Å². The van der Waals surface area contributed by atoms with Crippen LogP contribution in [0.2, 0.25) is 0 Å². The van der Waals surface area contributed by atoms with E-state index < -0.39 is 31.2 Å². The number of aromatic nitrogens is 2. The van der Waals surface area contributed by atoms with Gasteiger partial charge < -0.3 is 10.1 Å². The predicted molar refractivity (Wildman–Crippen MR) is 116 cm³/mol.